The van der Waals surface area contributed by atoms with Gasteiger partial charge in [-0.15, -0.1) is 0 Å². The molecule has 1 aliphatic rings. The SMILES string of the molecule is CC(C)(C)OC(=O)CN1CCN(CC(=O)OC(C)(C)C)CCN(CC(Cc2ccc([N+](=O)O)cc2)N(CC(=O)OC(C)(C)C)CC(=O)OC(C)(C)C)CCN(CC(=O)OC(C)(C)C)CC1. The van der Waals surface area contributed by atoms with Crippen molar-refractivity contribution in [2.45, 2.75) is 144 Å². The van der Waals surface area contributed by atoms with Crippen LogP contribution in [0, 0.1) is 4.91 Å². The fraction of sp³-hybridized carbons (Fsp3) is 0.766. The number of rotatable bonds is 16. The van der Waals surface area contributed by atoms with Crippen LogP contribution >= 0.6 is 0 Å². The smallest absolute Gasteiger partial charge is 0.320 e. The van der Waals surface area contributed by atoms with Crippen LogP contribution in [0.1, 0.15) is 109 Å². The predicted molar refractivity (Wildman–Crippen MR) is 246 cm³/mol. The first kappa shape index (κ1) is 56.9. The molecule has 0 amide bonds. The lowest BCUT2D eigenvalue weighted by Crippen LogP contribution is -2.53. The molecule has 0 saturated carbocycles. The van der Waals surface area contributed by atoms with E-state index in [0.717, 1.165) is 5.56 Å². The van der Waals surface area contributed by atoms with Crippen molar-refractivity contribution in [3.63, 3.8) is 0 Å². The van der Waals surface area contributed by atoms with Crippen LogP contribution in [-0.4, -0.2) is 190 Å². The summed E-state index contributed by atoms with van der Waals surface area (Å²) in [6, 6.07) is 5.84. The van der Waals surface area contributed by atoms with Crippen LogP contribution in [0.2, 0.25) is 0 Å². The lowest BCUT2D eigenvalue weighted by molar-refractivity contribution is -0.729. The summed E-state index contributed by atoms with van der Waals surface area (Å²) in [4.78, 5) is 88.3. The molecule has 1 saturated heterocycles. The highest BCUT2D eigenvalue weighted by Gasteiger charge is 2.32. The molecule has 1 N–H and O–H groups in total. The third-order valence-electron chi connectivity index (χ3n) is 9.37. The minimum Gasteiger partial charge on any atom is -0.459 e. The molecule has 1 unspecified atom stereocenters. The van der Waals surface area contributed by atoms with Gasteiger partial charge in [0.2, 0.25) is 0 Å². The summed E-state index contributed by atoms with van der Waals surface area (Å²) in [6.07, 6.45) is 0.301. The molecule has 0 spiro atoms. The van der Waals surface area contributed by atoms with Gasteiger partial charge in [-0.1, -0.05) is 12.1 Å². The summed E-state index contributed by atoms with van der Waals surface area (Å²) in [7, 11) is 0. The maximum atomic E-state index is 13.6. The van der Waals surface area contributed by atoms with Crippen LogP contribution < -0.4 is 0 Å². The van der Waals surface area contributed by atoms with Gasteiger partial charge in [0.25, 0.3) is 4.92 Å². The maximum Gasteiger partial charge on any atom is 0.320 e. The summed E-state index contributed by atoms with van der Waals surface area (Å²) in [5.74, 6) is -2.28. The fourth-order valence-electron chi connectivity index (χ4n) is 6.94. The van der Waals surface area contributed by atoms with Gasteiger partial charge in [-0.3, -0.25) is 48.5 Å². The molecule has 1 aliphatic heterocycles. The Kier molecular flexibility index (Phi) is 21.5. The number of ether oxygens (including phenoxy) is 5. The molecule has 0 aliphatic carbocycles. The van der Waals surface area contributed by atoms with Crippen molar-refractivity contribution in [2.24, 2.45) is 0 Å². The summed E-state index contributed by atoms with van der Waals surface area (Å²) in [5.41, 5.74) is -2.92. The molecule has 1 heterocycles. The van der Waals surface area contributed by atoms with Crippen LogP contribution in [0.15, 0.2) is 24.3 Å². The number of hydrogen-bond acceptors (Lipinski definition) is 16. The highest BCUT2D eigenvalue weighted by Crippen LogP contribution is 2.19. The van der Waals surface area contributed by atoms with Crippen molar-refractivity contribution < 1.29 is 57.8 Å². The van der Waals surface area contributed by atoms with Gasteiger partial charge in [-0.05, 0) is 116 Å². The predicted octanol–water partition coefficient (Wildman–Crippen LogP) is 4.63. The van der Waals surface area contributed by atoms with E-state index in [2.05, 4.69) is 4.90 Å². The molecular formula is C47H81N6O12+. The van der Waals surface area contributed by atoms with Crippen molar-refractivity contribution in [2.75, 3.05) is 91.6 Å². The Hall–Kier alpha value is -4.23. The first-order valence-corrected chi connectivity index (χ1v) is 22.6. The Morgan fingerprint density at radius 2 is 0.785 bits per heavy atom. The van der Waals surface area contributed by atoms with Crippen molar-refractivity contribution in [3.05, 3.63) is 34.7 Å². The van der Waals surface area contributed by atoms with Gasteiger partial charge in [-0.2, -0.15) is 0 Å². The van der Waals surface area contributed by atoms with E-state index >= 15 is 0 Å². The normalized spacial score (nSPS) is 16.7. The van der Waals surface area contributed by atoms with Crippen molar-refractivity contribution in [3.8, 4) is 0 Å². The Balaban J connectivity index is 2.70. The molecule has 65 heavy (non-hydrogen) atoms. The van der Waals surface area contributed by atoms with Crippen LogP contribution in [0.5, 0.6) is 0 Å². The number of hydrogen-bond donors (Lipinski definition) is 1. The maximum absolute atomic E-state index is 13.6. The largest absolute Gasteiger partial charge is 0.459 e. The van der Waals surface area contributed by atoms with Crippen molar-refractivity contribution >= 4 is 35.5 Å². The van der Waals surface area contributed by atoms with Gasteiger partial charge in [-0.25, -0.2) is 5.21 Å². The van der Waals surface area contributed by atoms with E-state index in [4.69, 9.17) is 23.7 Å². The van der Waals surface area contributed by atoms with Crippen LogP contribution in [0.4, 0.5) is 5.69 Å². The van der Waals surface area contributed by atoms with E-state index in [9.17, 15) is 34.1 Å². The number of nitrogens with zero attached hydrogens (tertiary/aromatic N) is 6. The third-order valence-corrected chi connectivity index (χ3v) is 9.37. The molecule has 1 atom stereocenters. The number of benzene rings is 1. The quantitative estimate of drug-likeness (QED) is 0.137. The fourth-order valence-corrected chi connectivity index (χ4v) is 6.94. The zero-order valence-electron chi connectivity index (χ0n) is 42.1. The van der Waals surface area contributed by atoms with Crippen molar-refractivity contribution in [1.29, 1.82) is 0 Å². The lowest BCUT2D eigenvalue weighted by Gasteiger charge is -2.38. The Bertz CT molecular complexity index is 1650. The van der Waals surface area contributed by atoms with Crippen molar-refractivity contribution in [1.82, 2.24) is 24.5 Å². The van der Waals surface area contributed by atoms with E-state index in [0.29, 0.717) is 65.3 Å². The van der Waals surface area contributed by atoms with Crippen LogP contribution in [0.3, 0.4) is 0 Å². The Morgan fingerprint density at radius 3 is 1.06 bits per heavy atom. The number of carbonyl (C=O) groups is 5. The molecule has 0 bridgehead atoms. The van der Waals surface area contributed by atoms with E-state index in [1.54, 1.807) is 58.6 Å². The van der Waals surface area contributed by atoms with E-state index < -0.39 is 63.9 Å². The Morgan fingerprint density at radius 1 is 0.508 bits per heavy atom. The minimum atomic E-state index is -0.802. The second-order valence-corrected chi connectivity index (χ2v) is 21.8. The number of esters is 5. The minimum absolute atomic E-state index is 0.00287. The first-order chi connectivity index (χ1) is 29.6. The summed E-state index contributed by atoms with van der Waals surface area (Å²) in [6.45, 7) is 29.8. The zero-order valence-corrected chi connectivity index (χ0v) is 42.1. The van der Waals surface area contributed by atoms with Gasteiger partial charge in [0, 0.05) is 77.1 Å². The lowest BCUT2D eigenvalue weighted by atomic mass is 10.0. The molecule has 370 valence electrons. The molecular weight excluding hydrogens is 841 g/mol. The van der Waals surface area contributed by atoms with Gasteiger partial charge in [0.1, 0.15) is 28.0 Å². The molecule has 1 aromatic rings. The first-order valence-electron chi connectivity index (χ1n) is 22.6. The molecule has 1 fully saturated rings. The van der Waals surface area contributed by atoms with Gasteiger partial charge in [0.15, 0.2) is 0 Å². The summed E-state index contributed by atoms with van der Waals surface area (Å²) in [5, 5.41) is 9.54. The monoisotopic (exact) mass is 922 g/mol. The average Bonchev–Trinajstić information content (AvgIpc) is 3.08. The molecule has 1 aromatic carbocycles. The van der Waals surface area contributed by atoms with Crippen LogP contribution in [0.25, 0.3) is 0 Å². The van der Waals surface area contributed by atoms with Gasteiger partial charge in [0.05, 0.1) is 37.6 Å². The second-order valence-electron chi connectivity index (χ2n) is 21.8. The summed E-state index contributed by atoms with van der Waals surface area (Å²) < 4.78 is 28.7. The zero-order chi connectivity index (χ0) is 49.6. The topological polar surface area (TPSA) is 188 Å². The molecule has 18 nitrogen and oxygen atoms in total. The highest BCUT2D eigenvalue weighted by atomic mass is 16.6. The summed E-state index contributed by atoms with van der Waals surface area (Å²) >= 11 is 0. The van der Waals surface area contributed by atoms with E-state index in [-0.39, 0.29) is 43.3 Å². The van der Waals surface area contributed by atoms with E-state index in [1.165, 1.54) is 12.1 Å². The van der Waals surface area contributed by atoms with E-state index in [1.807, 2.05) is 77.0 Å². The molecule has 2 rings (SSSR count). The third kappa shape index (κ3) is 26.5. The molecule has 0 radical (unpaired) electrons. The highest BCUT2D eigenvalue weighted by molar-refractivity contribution is 5.76. The molecule has 0 aromatic heterocycles. The van der Waals surface area contributed by atoms with Crippen LogP contribution in [-0.2, 0) is 54.1 Å². The van der Waals surface area contributed by atoms with Gasteiger partial charge < -0.3 is 23.7 Å². The average molecular weight is 922 g/mol. The second kappa shape index (κ2) is 24.5. The Labute approximate surface area is 387 Å². The standard InChI is InChI=1S/C47H81N6O12/c1-43(2,3)61-38(54)30-49-22-20-48(21-23-50(31-39(55)62-44(4,5)6)25-27-51(26-24-49)32-40(56)63-45(7,8)9)29-37(28-35-16-18-36(19-17-35)53(59)60)52(33-41(57)64-46(10,11)12)34-42(58)65-47(13,14)15/h16-19,37H,20-34H2,1-15H3,(H,59,60)/q+1. The number of carbonyl (C=O) groups excluding carboxylic acids is 5. The van der Waals surface area contributed by atoms with Gasteiger partial charge >= 0.3 is 35.5 Å². The molecule has 18 heteroatoms.